The summed E-state index contributed by atoms with van der Waals surface area (Å²) in [6, 6.07) is 7.85. The zero-order chi connectivity index (χ0) is 9.52. The summed E-state index contributed by atoms with van der Waals surface area (Å²) in [6.45, 7) is 0.595. The van der Waals surface area contributed by atoms with E-state index in [1.165, 1.54) is 5.56 Å². The Hall–Kier alpha value is -0.220. The molecule has 2 nitrogen and oxygen atoms in total. The summed E-state index contributed by atoms with van der Waals surface area (Å²) in [7, 11) is 0. The molecule has 0 fully saturated rings. The molecule has 1 aromatic rings. The molecule has 0 amide bonds. The molecule has 0 unspecified atom stereocenters. The van der Waals surface area contributed by atoms with Gasteiger partial charge in [-0.15, -0.1) is 0 Å². The lowest BCUT2D eigenvalue weighted by Gasteiger charge is -2.00. The van der Waals surface area contributed by atoms with Crippen LogP contribution in [0.25, 0.3) is 0 Å². The summed E-state index contributed by atoms with van der Waals surface area (Å²) in [6.07, 6.45) is 0. The van der Waals surface area contributed by atoms with Crippen molar-refractivity contribution in [3.05, 3.63) is 34.9 Å². The van der Waals surface area contributed by atoms with Gasteiger partial charge in [0.2, 0.25) is 0 Å². The first kappa shape index (κ1) is 10.9. The molecule has 0 aromatic heterocycles. The molecule has 2 N–H and O–H groups in total. The Morgan fingerprint density at radius 1 is 1.31 bits per heavy atom. The Labute approximate surface area is 87.4 Å². The van der Waals surface area contributed by atoms with Crippen molar-refractivity contribution in [2.45, 2.75) is 5.75 Å². The van der Waals surface area contributed by atoms with Gasteiger partial charge in [0.1, 0.15) is 0 Å². The van der Waals surface area contributed by atoms with Crippen molar-refractivity contribution < 1.29 is 4.84 Å². The van der Waals surface area contributed by atoms with Crippen LogP contribution in [0.5, 0.6) is 0 Å². The molecule has 0 radical (unpaired) electrons. The van der Waals surface area contributed by atoms with Crippen molar-refractivity contribution in [1.29, 1.82) is 0 Å². The summed E-state index contributed by atoms with van der Waals surface area (Å²) in [4.78, 5) is 4.46. The quantitative estimate of drug-likeness (QED) is 0.608. The molecule has 1 aromatic carbocycles. The first-order chi connectivity index (χ1) is 6.33. The zero-order valence-corrected chi connectivity index (χ0v) is 8.77. The van der Waals surface area contributed by atoms with Gasteiger partial charge in [0, 0.05) is 16.5 Å². The van der Waals surface area contributed by atoms with Gasteiger partial charge in [0.05, 0.1) is 6.61 Å². The van der Waals surface area contributed by atoms with Gasteiger partial charge < -0.3 is 4.84 Å². The largest absolute Gasteiger partial charge is 0.304 e. The fourth-order valence-corrected chi connectivity index (χ4v) is 1.79. The molecule has 13 heavy (non-hydrogen) atoms. The van der Waals surface area contributed by atoms with Gasteiger partial charge in [-0.05, 0) is 17.7 Å². The van der Waals surface area contributed by atoms with E-state index in [0.717, 1.165) is 16.5 Å². The zero-order valence-electron chi connectivity index (χ0n) is 7.20. The van der Waals surface area contributed by atoms with Crippen LogP contribution in [-0.2, 0) is 10.6 Å². The minimum atomic E-state index is 0.595. The summed E-state index contributed by atoms with van der Waals surface area (Å²) in [5.74, 6) is 6.79. The van der Waals surface area contributed by atoms with Crippen LogP contribution in [0.3, 0.4) is 0 Å². The normalized spacial score (nSPS) is 10.3. The molecule has 0 bridgehead atoms. The number of benzene rings is 1. The fraction of sp³-hybridized carbons (Fsp3) is 0.333. The Balaban J connectivity index is 2.25. The minimum Gasteiger partial charge on any atom is -0.304 e. The van der Waals surface area contributed by atoms with Crippen LogP contribution in [0.15, 0.2) is 24.3 Å². The van der Waals surface area contributed by atoms with Gasteiger partial charge in [0.25, 0.3) is 0 Å². The second kappa shape index (κ2) is 6.27. The van der Waals surface area contributed by atoms with Gasteiger partial charge >= 0.3 is 0 Å². The molecule has 4 heteroatoms. The third kappa shape index (κ3) is 4.52. The monoisotopic (exact) mass is 217 g/mol. The van der Waals surface area contributed by atoms with Crippen LogP contribution in [0, 0.1) is 0 Å². The number of hydrogen-bond donors (Lipinski definition) is 1. The molecular formula is C9H12ClNOS. The second-order valence-electron chi connectivity index (χ2n) is 2.55. The molecule has 0 heterocycles. The topological polar surface area (TPSA) is 35.2 Å². The van der Waals surface area contributed by atoms with Gasteiger partial charge in [-0.1, -0.05) is 23.7 Å². The summed E-state index contributed by atoms with van der Waals surface area (Å²) < 4.78 is 0. The molecule has 1 rings (SSSR count). The maximum atomic E-state index is 5.75. The van der Waals surface area contributed by atoms with Gasteiger partial charge in [0.15, 0.2) is 0 Å². The number of hydrogen-bond acceptors (Lipinski definition) is 3. The molecule has 0 spiro atoms. The van der Waals surface area contributed by atoms with Gasteiger partial charge in [-0.2, -0.15) is 11.8 Å². The third-order valence-electron chi connectivity index (χ3n) is 1.53. The third-order valence-corrected chi connectivity index (χ3v) is 2.77. The van der Waals surface area contributed by atoms with E-state index in [-0.39, 0.29) is 0 Å². The van der Waals surface area contributed by atoms with E-state index in [1.807, 2.05) is 24.3 Å². The van der Waals surface area contributed by atoms with Crippen LogP contribution in [0.1, 0.15) is 5.56 Å². The Morgan fingerprint density at radius 2 is 2.00 bits per heavy atom. The maximum absolute atomic E-state index is 5.75. The van der Waals surface area contributed by atoms with Crippen molar-refractivity contribution in [1.82, 2.24) is 0 Å². The van der Waals surface area contributed by atoms with E-state index < -0.39 is 0 Å². The van der Waals surface area contributed by atoms with Crippen LogP contribution in [-0.4, -0.2) is 12.4 Å². The Kier molecular flexibility index (Phi) is 5.23. The predicted molar refractivity (Wildman–Crippen MR) is 57.8 cm³/mol. The molecule has 0 saturated heterocycles. The predicted octanol–water partition coefficient (Wildman–Crippen LogP) is 2.46. The average Bonchev–Trinajstić information content (AvgIpc) is 2.15. The molecule has 0 aliphatic heterocycles. The van der Waals surface area contributed by atoms with Crippen LogP contribution in [0.4, 0.5) is 0 Å². The molecule has 72 valence electrons. The fourth-order valence-electron chi connectivity index (χ4n) is 0.878. The maximum Gasteiger partial charge on any atom is 0.0769 e. The molecule has 0 aliphatic rings. The highest BCUT2D eigenvalue weighted by molar-refractivity contribution is 7.98. The van der Waals surface area contributed by atoms with E-state index in [2.05, 4.69) is 4.84 Å². The van der Waals surface area contributed by atoms with E-state index >= 15 is 0 Å². The lowest BCUT2D eigenvalue weighted by atomic mass is 10.2. The molecule has 0 saturated carbocycles. The number of thioether (sulfide) groups is 1. The van der Waals surface area contributed by atoms with Gasteiger partial charge in [-0.25, -0.2) is 5.90 Å². The Bertz CT molecular complexity index is 240. The number of rotatable bonds is 5. The summed E-state index contributed by atoms with van der Waals surface area (Å²) >= 11 is 7.54. The second-order valence-corrected chi connectivity index (χ2v) is 4.09. The molecule has 0 atom stereocenters. The van der Waals surface area contributed by atoms with Crippen LogP contribution >= 0.6 is 23.4 Å². The van der Waals surface area contributed by atoms with Crippen molar-refractivity contribution >= 4 is 23.4 Å². The average molecular weight is 218 g/mol. The highest BCUT2D eigenvalue weighted by atomic mass is 35.5. The highest BCUT2D eigenvalue weighted by Gasteiger charge is 1.93. The van der Waals surface area contributed by atoms with E-state index in [9.17, 15) is 0 Å². The standard InChI is InChI=1S/C9H12ClNOS/c10-9-3-1-8(2-4-9)7-13-6-5-12-11/h1-4H,5-7,11H2. The molecular weight excluding hydrogens is 206 g/mol. The van der Waals surface area contributed by atoms with E-state index in [0.29, 0.717) is 6.61 Å². The summed E-state index contributed by atoms with van der Waals surface area (Å²) in [5, 5.41) is 0.777. The van der Waals surface area contributed by atoms with E-state index in [4.69, 9.17) is 17.5 Å². The Morgan fingerprint density at radius 3 is 2.62 bits per heavy atom. The lowest BCUT2D eigenvalue weighted by molar-refractivity contribution is 0.155. The number of nitrogens with two attached hydrogens (primary N) is 1. The van der Waals surface area contributed by atoms with Crippen LogP contribution in [0.2, 0.25) is 5.02 Å². The van der Waals surface area contributed by atoms with Crippen molar-refractivity contribution in [2.24, 2.45) is 5.90 Å². The van der Waals surface area contributed by atoms with Gasteiger partial charge in [-0.3, -0.25) is 0 Å². The van der Waals surface area contributed by atoms with Crippen molar-refractivity contribution in [3.8, 4) is 0 Å². The first-order valence-corrected chi connectivity index (χ1v) is 5.50. The number of halogens is 1. The highest BCUT2D eigenvalue weighted by Crippen LogP contribution is 2.14. The van der Waals surface area contributed by atoms with Crippen LogP contribution < -0.4 is 5.90 Å². The van der Waals surface area contributed by atoms with Crippen molar-refractivity contribution in [3.63, 3.8) is 0 Å². The lowest BCUT2D eigenvalue weighted by Crippen LogP contribution is -2.02. The van der Waals surface area contributed by atoms with Crippen molar-refractivity contribution in [2.75, 3.05) is 12.4 Å². The van der Waals surface area contributed by atoms with E-state index in [1.54, 1.807) is 11.8 Å². The summed E-state index contributed by atoms with van der Waals surface area (Å²) in [5.41, 5.74) is 1.27. The molecule has 0 aliphatic carbocycles. The minimum absolute atomic E-state index is 0.595. The first-order valence-electron chi connectivity index (χ1n) is 3.97. The SMILES string of the molecule is NOCCSCc1ccc(Cl)cc1. The smallest absolute Gasteiger partial charge is 0.0769 e.